The van der Waals surface area contributed by atoms with E-state index in [1.165, 1.54) is 17.5 Å². The van der Waals surface area contributed by atoms with Gasteiger partial charge in [0.15, 0.2) is 10.8 Å². The van der Waals surface area contributed by atoms with Gasteiger partial charge in [-0.15, -0.1) is 11.3 Å². The first-order chi connectivity index (χ1) is 13.6. The van der Waals surface area contributed by atoms with Crippen molar-refractivity contribution in [3.63, 3.8) is 0 Å². The van der Waals surface area contributed by atoms with Gasteiger partial charge < -0.3 is 15.0 Å². The van der Waals surface area contributed by atoms with Crippen molar-refractivity contribution in [1.82, 2.24) is 19.9 Å². The molecule has 1 atom stereocenters. The molecule has 1 saturated heterocycles. The van der Waals surface area contributed by atoms with Crippen LogP contribution < -0.4 is 15.6 Å². The van der Waals surface area contributed by atoms with E-state index in [1.54, 1.807) is 23.8 Å². The highest BCUT2D eigenvalue weighted by molar-refractivity contribution is 7.12. The molecular formula is C19H21N5O3S. The Bertz CT molecular complexity index is 1060. The molecule has 1 unspecified atom stereocenters. The maximum Gasteiger partial charge on any atom is 0.343 e. The van der Waals surface area contributed by atoms with Crippen LogP contribution in [0.4, 0.5) is 5.82 Å². The Morgan fingerprint density at radius 1 is 1.43 bits per heavy atom. The van der Waals surface area contributed by atoms with Crippen molar-refractivity contribution < 1.29 is 9.53 Å². The number of aromatic nitrogens is 3. The molecule has 1 N–H and O–H groups in total. The van der Waals surface area contributed by atoms with Crippen LogP contribution in [0.1, 0.15) is 23.7 Å². The quantitative estimate of drug-likeness (QED) is 0.655. The second-order valence-electron chi connectivity index (χ2n) is 6.54. The van der Waals surface area contributed by atoms with Gasteiger partial charge in [-0.25, -0.2) is 14.8 Å². The summed E-state index contributed by atoms with van der Waals surface area (Å²) in [4.78, 5) is 36.5. The van der Waals surface area contributed by atoms with Crippen LogP contribution in [0, 0.1) is 0 Å². The molecule has 28 heavy (non-hydrogen) atoms. The van der Waals surface area contributed by atoms with E-state index < -0.39 is 5.97 Å². The zero-order valence-electron chi connectivity index (χ0n) is 15.7. The first-order valence-corrected chi connectivity index (χ1v) is 10.1. The van der Waals surface area contributed by atoms with Crippen molar-refractivity contribution in [2.45, 2.75) is 19.4 Å². The number of hydrogen-bond acceptors (Lipinski definition) is 8. The third-order valence-corrected chi connectivity index (χ3v) is 5.65. The lowest BCUT2D eigenvalue weighted by atomic mass is 10.2. The summed E-state index contributed by atoms with van der Waals surface area (Å²) in [6.07, 6.45) is 4.20. The summed E-state index contributed by atoms with van der Waals surface area (Å²) in [5, 5.41) is 6.13. The number of pyridine rings is 2. The predicted molar refractivity (Wildman–Crippen MR) is 109 cm³/mol. The molecule has 3 aromatic rings. The molecule has 4 rings (SSSR count). The SMILES string of the molecule is CCOC(=O)c1cn(-c2nccs2)c2nc(N3CCC(NC)C3)ccc2c1=O. The van der Waals surface area contributed by atoms with Crippen LogP contribution in [0.2, 0.25) is 0 Å². The Hall–Kier alpha value is -2.78. The Morgan fingerprint density at radius 3 is 2.96 bits per heavy atom. The second-order valence-corrected chi connectivity index (χ2v) is 7.41. The molecule has 4 heterocycles. The molecule has 0 aliphatic carbocycles. The Kier molecular flexibility index (Phi) is 5.10. The van der Waals surface area contributed by atoms with E-state index in [0.717, 1.165) is 25.3 Å². The first kappa shape index (κ1) is 18.6. The van der Waals surface area contributed by atoms with Crippen molar-refractivity contribution >= 4 is 34.2 Å². The highest BCUT2D eigenvalue weighted by atomic mass is 32.1. The molecule has 1 aliphatic rings. The van der Waals surface area contributed by atoms with Gasteiger partial charge in [-0.05, 0) is 32.5 Å². The van der Waals surface area contributed by atoms with Crippen LogP contribution in [0.25, 0.3) is 16.2 Å². The number of anilines is 1. The average molecular weight is 399 g/mol. The molecule has 8 nitrogen and oxygen atoms in total. The van der Waals surface area contributed by atoms with E-state index >= 15 is 0 Å². The number of thiazole rings is 1. The van der Waals surface area contributed by atoms with Crippen LogP contribution in [0.5, 0.6) is 0 Å². The van der Waals surface area contributed by atoms with Crippen LogP contribution in [0.15, 0.2) is 34.7 Å². The highest BCUT2D eigenvalue weighted by Gasteiger charge is 2.24. The number of nitrogens with zero attached hydrogens (tertiary/aromatic N) is 4. The van der Waals surface area contributed by atoms with Crippen molar-refractivity contribution in [3.05, 3.63) is 45.7 Å². The van der Waals surface area contributed by atoms with E-state index in [9.17, 15) is 9.59 Å². The van der Waals surface area contributed by atoms with E-state index in [1.807, 2.05) is 18.5 Å². The summed E-state index contributed by atoms with van der Waals surface area (Å²) < 4.78 is 6.75. The van der Waals surface area contributed by atoms with Gasteiger partial charge in [0, 0.05) is 36.9 Å². The van der Waals surface area contributed by atoms with E-state index in [0.29, 0.717) is 22.2 Å². The molecule has 9 heteroatoms. The highest BCUT2D eigenvalue weighted by Crippen LogP contribution is 2.23. The Labute approximate surface area is 165 Å². The lowest BCUT2D eigenvalue weighted by molar-refractivity contribution is 0.0524. The van der Waals surface area contributed by atoms with Crippen LogP contribution in [-0.2, 0) is 4.74 Å². The molecule has 1 aliphatic heterocycles. The topological polar surface area (TPSA) is 89.3 Å². The minimum atomic E-state index is -0.639. The molecule has 146 valence electrons. The number of carbonyl (C=O) groups is 1. The maximum atomic E-state index is 12.9. The lowest BCUT2D eigenvalue weighted by Crippen LogP contribution is -2.30. The van der Waals surface area contributed by atoms with E-state index in [-0.39, 0.29) is 17.6 Å². The van der Waals surface area contributed by atoms with Crippen molar-refractivity contribution in [2.24, 2.45) is 0 Å². The van der Waals surface area contributed by atoms with Crippen molar-refractivity contribution in [1.29, 1.82) is 0 Å². The van der Waals surface area contributed by atoms with Gasteiger partial charge in [0.05, 0.1) is 12.0 Å². The number of fused-ring (bicyclic) bond motifs is 1. The van der Waals surface area contributed by atoms with Gasteiger partial charge in [-0.3, -0.25) is 9.36 Å². The number of nitrogens with one attached hydrogen (secondary N) is 1. The number of ether oxygens (including phenoxy) is 1. The molecule has 0 saturated carbocycles. The molecule has 0 bridgehead atoms. The molecule has 0 spiro atoms. The molecular weight excluding hydrogens is 378 g/mol. The standard InChI is InChI=1S/C19H21N5O3S/c1-3-27-18(26)14-11-24(19-21-7-9-28-19)17-13(16(14)25)4-5-15(22-17)23-8-6-12(10-23)20-2/h4-5,7,9,11-12,20H,3,6,8,10H2,1-2H3. The summed E-state index contributed by atoms with van der Waals surface area (Å²) in [6.45, 7) is 3.66. The largest absolute Gasteiger partial charge is 0.462 e. The zero-order valence-corrected chi connectivity index (χ0v) is 16.5. The number of likely N-dealkylation sites (N-methyl/N-ethyl adjacent to an activating group) is 1. The number of carbonyl (C=O) groups excluding carboxylic acids is 1. The molecule has 0 radical (unpaired) electrons. The second kappa shape index (κ2) is 7.69. The monoisotopic (exact) mass is 399 g/mol. The van der Waals surface area contributed by atoms with Crippen molar-refractivity contribution in [2.75, 3.05) is 31.6 Å². The number of rotatable bonds is 5. The minimum Gasteiger partial charge on any atom is -0.462 e. The lowest BCUT2D eigenvalue weighted by Gasteiger charge is -2.19. The summed E-state index contributed by atoms with van der Waals surface area (Å²) in [7, 11) is 1.96. The molecule has 1 fully saturated rings. The van der Waals surface area contributed by atoms with Gasteiger partial charge in [-0.1, -0.05) is 0 Å². The minimum absolute atomic E-state index is 0.0180. The first-order valence-electron chi connectivity index (χ1n) is 9.18. The fraction of sp³-hybridized carbons (Fsp3) is 0.368. The Balaban J connectivity index is 1.88. The molecule has 0 amide bonds. The van der Waals surface area contributed by atoms with Gasteiger partial charge in [0.2, 0.25) is 5.43 Å². The smallest absolute Gasteiger partial charge is 0.343 e. The van der Waals surface area contributed by atoms with Gasteiger partial charge >= 0.3 is 5.97 Å². The number of esters is 1. The van der Waals surface area contributed by atoms with Crippen LogP contribution in [-0.4, -0.2) is 53.3 Å². The maximum absolute atomic E-state index is 12.9. The fourth-order valence-electron chi connectivity index (χ4n) is 3.41. The predicted octanol–water partition coefficient (Wildman–Crippen LogP) is 1.82. The summed E-state index contributed by atoms with van der Waals surface area (Å²) in [5.41, 5.74) is 0.0868. The van der Waals surface area contributed by atoms with E-state index in [4.69, 9.17) is 9.72 Å². The summed E-state index contributed by atoms with van der Waals surface area (Å²) >= 11 is 1.41. The van der Waals surface area contributed by atoms with Crippen LogP contribution >= 0.6 is 11.3 Å². The van der Waals surface area contributed by atoms with Gasteiger partial charge in [-0.2, -0.15) is 0 Å². The fourth-order valence-corrected chi connectivity index (χ4v) is 4.03. The van der Waals surface area contributed by atoms with Gasteiger partial charge in [0.1, 0.15) is 11.4 Å². The normalized spacial score (nSPS) is 16.6. The summed E-state index contributed by atoms with van der Waals surface area (Å²) in [6, 6.07) is 3.99. The summed E-state index contributed by atoms with van der Waals surface area (Å²) in [5.74, 6) is 0.166. The number of hydrogen-bond donors (Lipinski definition) is 1. The third-order valence-electron chi connectivity index (χ3n) is 4.88. The van der Waals surface area contributed by atoms with Gasteiger partial charge in [0.25, 0.3) is 0 Å². The van der Waals surface area contributed by atoms with Crippen molar-refractivity contribution in [3.8, 4) is 5.13 Å². The molecule has 3 aromatic heterocycles. The third kappa shape index (κ3) is 3.27. The van der Waals surface area contributed by atoms with E-state index in [2.05, 4.69) is 15.2 Å². The zero-order chi connectivity index (χ0) is 19.7. The Morgan fingerprint density at radius 2 is 2.29 bits per heavy atom. The average Bonchev–Trinajstić information content (AvgIpc) is 3.40. The molecule has 0 aromatic carbocycles. The van der Waals surface area contributed by atoms with Crippen LogP contribution in [0.3, 0.4) is 0 Å².